The number of carbonyl (C=O) groups is 1. The second kappa shape index (κ2) is 6.30. The first-order valence-corrected chi connectivity index (χ1v) is 10.6. The van der Waals surface area contributed by atoms with E-state index in [0.29, 0.717) is 6.42 Å². The predicted octanol–water partition coefficient (Wildman–Crippen LogP) is 4.89. The highest BCUT2D eigenvalue weighted by Gasteiger charge is 2.39. The Morgan fingerprint density at radius 2 is 1.95 bits per heavy atom. The zero-order valence-corrected chi connectivity index (χ0v) is 15.1. The molecule has 2 aromatic rings. The van der Waals surface area contributed by atoms with Gasteiger partial charge in [-0.25, -0.2) is 0 Å². The minimum atomic E-state index is -1.93. The lowest BCUT2D eigenvalue weighted by Gasteiger charge is -2.39. The number of benzene rings is 1. The Morgan fingerprint density at radius 1 is 1.23 bits per heavy atom. The SMILES string of the molecule is CC(C)(C)[Si](C)(C)O[C@@H](CC=O)c1ccc2cnccc2c1. The molecule has 0 bridgehead atoms. The van der Waals surface area contributed by atoms with Crippen molar-refractivity contribution in [3.05, 3.63) is 42.2 Å². The number of carbonyl (C=O) groups excluding carboxylic acids is 1. The molecule has 0 radical (unpaired) electrons. The normalized spacial score (nSPS) is 14.0. The van der Waals surface area contributed by atoms with E-state index in [0.717, 1.165) is 22.6 Å². The largest absolute Gasteiger partial charge is 0.410 e. The van der Waals surface area contributed by atoms with Gasteiger partial charge in [-0.05, 0) is 41.2 Å². The molecule has 0 aliphatic heterocycles. The van der Waals surface area contributed by atoms with Crippen LogP contribution in [0.5, 0.6) is 0 Å². The number of pyridine rings is 1. The molecule has 2 rings (SSSR count). The fourth-order valence-electron chi connectivity index (χ4n) is 2.17. The third-order valence-corrected chi connectivity index (χ3v) is 9.08. The highest BCUT2D eigenvalue weighted by molar-refractivity contribution is 6.74. The molecule has 1 atom stereocenters. The van der Waals surface area contributed by atoms with Crippen molar-refractivity contribution >= 4 is 25.4 Å². The van der Waals surface area contributed by atoms with Gasteiger partial charge in [-0.15, -0.1) is 0 Å². The van der Waals surface area contributed by atoms with E-state index in [2.05, 4.69) is 44.9 Å². The minimum absolute atomic E-state index is 0.120. The molecule has 0 unspecified atom stereocenters. The molecule has 1 aromatic carbocycles. The van der Waals surface area contributed by atoms with Crippen LogP contribution in [0.25, 0.3) is 10.8 Å². The van der Waals surface area contributed by atoms with Crippen molar-refractivity contribution in [2.45, 2.75) is 51.4 Å². The Hall–Kier alpha value is -1.52. The van der Waals surface area contributed by atoms with Crippen LogP contribution in [0.3, 0.4) is 0 Å². The maximum absolute atomic E-state index is 11.1. The Bertz CT molecular complexity index is 661. The molecule has 0 fully saturated rings. The van der Waals surface area contributed by atoms with Gasteiger partial charge >= 0.3 is 0 Å². The molecule has 118 valence electrons. The Kier molecular flexibility index (Phi) is 4.83. The molecule has 1 heterocycles. The first-order chi connectivity index (χ1) is 10.2. The van der Waals surface area contributed by atoms with Crippen LogP contribution >= 0.6 is 0 Å². The van der Waals surface area contributed by atoms with Crippen LogP contribution < -0.4 is 0 Å². The van der Waals surface area contributed by atoms with Crippen LogP contribution in [-0.4, -0.2) is 19.6 Å². The summed E-state index contributed by atoms with van der Waals surface area (Å²) >= 11 is 0. The molecule has 0 aliphatic carbocycles. The average molecular weight is 315 g/mol. The molecule has 1 aromatic heterocycles. The molecule has 0 spiro atoms. The maximum Gasteiger partial charge on any atom is 0.192 e. The second-order valence-electron chi connectivity index (χ2n) is 7.25. The number of rotatable bonds is 5. The maximum atomic E-state index is 11.1. The van der Waals surface area contributed by atoms with Crippen LogP contribution in [0.1, 0.15) is 38.9 Å². The topological polar surface area (TPSA) is 39.2 Å². The molecular formula is C18H25NO2Si. The van der Waals surface area contributed by atoms with Crippen LogP contribution in [0, 0.1) is 0 Å². The van der Waals surface area contributed by atoms with Crippen molar-refractivity contribution in [1.82, 2.24) is 4.98 Å². The van der Waals surface area contributed by atoms with E-state index in [9.17, 15) is 4.79 Å². The molecule has 0 aliphatic rings. The summed E-state index contributed by atoms with van der Waals surface area (Å²) < 4.78 is 6.47. The van der Waals surface area contributed by atoms with Gasteiger partial charge in [0, 0.05) is 24.2 Å². The van der Waals surface area contributed by atoms with Gasteiger partial charge in [-0.1, -0.05) is 32.9 Å². The predicted molar refractivity (Wildman–Crippen MR) is 93.4 cm³/mol. The first kappa shape index (κ1) is 16.8. The Morgan fingerprint density at radius 3 is 2.59 bits per heavy atom. The molecule has 3 nitrogen and oxygen atoms in total. The van der Waals surface area contributed by atoms with E-state index in [4.69, 9.17) is 4.43 Å². The average Bonchev–Trinajstić information content (AvgIpc) is 2.45. The number of hydrogen-bond donors (Lipinski definition) is 0. The summed E-state index contributed by atoms with van der Waals surface area (Å²) in [5.41, 5.74) is 1.07. The molecule has 0 amide bonds. The summed E-state index contributed by atoms with van der Waals surface area (Å²) in [6.07, 6.45) is 4.81. The molecule has 0 saturated carbocycles. The van der Waals surface area contributed by atoms with E-state index in [1.54, 1.807) is 6.20 Å². The smallest absolute Gasteiger partial charge is 0.192 e. The van der Waals surface area contributed by atoms with Crippen molar-refractivity contribution in [3.8, 4) is 0 Å². The van der Waals surface area contributed by atoms with Crippen molar-refractivity contribution in [2.75, 3.05) is 0 Å². The number of hydrogen-bond acceptors (Lipinski definition) is 3. The zero-order chi connectivity index (χ0) is 16.4. The van der Waals surface area contributed by atoms with Gasteiger partial charge in [-0.2, -0.15) is 0 Å². The number of aldehydes is 1. The van der Waals surface area contributed by atoms with Crippen LogP contribution in [0.2, 0.25) is 18.1 Å². The van der Waals surface area contributed by atoms with E-state index in [1.165, 1.54) is 0 Å². The second-order valence-corrected chi connectivity index (χ2v) is 12.0. The lowest BCUT2D eigenvalue weighted by atomic mass is 10.0. The van der Waals surface area contributed by atoms with Gasteiger partial charge < -0.3 is 9.22 Å². The quantitative estimate of drug-likeness (QED) is 0.582. The number of fused-ring (bicyclic) bond motifs is 1. The summed E-state index contributed by atoms with van der Waals surface area (Å²) in [5.74, 6) is 0. The molecule has 4 heteroatoms. The van der Waals surface area contributed by atoms with Gasteiger partial charge in [0.1, 0.15) is 6.29 Å². The van der Waals surface area contributed by atoms with Crippen LogP contribution in [0.4, 0.5) is 0 Å². The van der Waals surface area contributed by atoms with Crippen LogP contribution in [0.15, 0.2) is 36.7 Å². The monoisotopic (exact) mass is 315 g/mol. The molecule has 22 heavy (non-hydrogen) atoms. The Labute approximate surface area is 133 Å². The minimum Gasteiger partial charge on any atom is -0.410 e. The van der Waals surface area contributed by atoms with E-state index >= 15 is 0 Å². The van der Waals surface area contributed by atoms with Crippen molar-refractivity contribution in [3.63, 3.8) is 0 Å². The van der Waals surface area contributed by atoms with Gasteiger partial charge in [0.05, 0.1) is 6.10 Å². The molecule has 0 N–H and O–H groups in total. The fourth-order valence-corrected chi connectivity index (χ4v) is 3.47. The summed E-state index contributed by atoms with van der Waals surface area (Å²) in [5, 5.41) is 2.35. The number of aromatic nitrogens is 1. The van der Waals surface area contributed by atoms with Gasteiger partial charge in [0.25, 0.3) is 0 Å². The Balaban J connectivity index is 2.35. The highest BCUT2D eigenvalue weighted by Crippen LogP contribution is 2.40. The lowest BCUT2D eigenvalue weighted by molar-refractivity contribution is -0.109. The zero-order valence-electron chi connectivity index (χ0n) is 14.1. The summed E-state index contributed by atoms with van der Waals surface area (Å²) in [6, 6.07) is 8.19. The standard InChI is InChI=1S/C18H25NO2Si/c1-18(2,3)22(4,5)21-17(9-11-20)15-6-7-16-13-19-10-8-14(16)12-15/h6-8,10-13,17H,9H2,1-5H3/t17-/m0/s1. The molecular weight excluding hydrogens is 290 g/mol. The first-order valence-electron chi connectivity index (χ1n) is 7.70. The summed E-state index contributed by atoms with van der Waals surface area (Å²) in [6.45, 7) is 11.1. The van der Waals surface area contributed by atoms with Gasteiger partial charge in [-0.3, -0.25) is 4.98 Å². The third kappa shape index (κ3) is 3.62. The van der Waals surface area contributed by atoms with Gasteiger partial charge in [0.15, 0.2) is 8.32 Å². The summed E-state index contributed by atoms with van der Waals surface area (Å²) in [4.78, 5) is 15.2. The van der Waals surface area contributed by atoms with Crippen molar-refractivity contribution in [2.24, 2.45) is 0 Å². The summed E-state index contributed by atoms with van der Waals surface area (Å²) in [7, 11) is -1.93. The van der Waals surface area contributed by atoms with Crippen LogP contribution in [-0.2, 0) is 9.22 Å². The van der Waals surface area contributed by atoms with E-state index in [-0.39, 0.29) is 11.1 Å². The molecule has 0 saturated heterocycles. The van der Waals surface area contributed by atoms with Crippen molar-refractivity contribution < 1.29 is 9.22 Å². The number of nitrogens with zero attached hydrogens (tertiary/aromatic N) is 1. The third-order valence-electron chi connectivity index (χ3n) is 4.59. The van der Waals surface area contributed by atoms with E-state index < -0.39 is 8.32 Å². The van der Waals surface area contributed by atoms with Gasteiger partial charge in [0.2, 0.25) is 0 Å². The highest BCUT2D eigenvalue weighted by atomic mass is 28.4. The fraction of sp³-hybridized carbons (Fsp3) is 0.444. The lowest BCUT2D eigenvalue weighted by Crippen LogP contribution is -2.41. The van der Waals surface area contributed by atoms with E-state index in [1.807, 2.05) is 24.4 Å². The van der Waals surface area contributed by atoms with Crippen molar-refractivity contribution in [1.29, 1.82) is 0 Å².